The number of nitrogens with one attached hydrogen (secondary N) is 1. The first-order valence-electron chi connectivity index (χ1n) is 9.11. The van der Waals surface area contributed by atoms with Crippen molar-refractivity contribution in [3.8, 4) is 17.2 Å². The first-order chi connectivity index (χ1) is 13.5. The van der Waals surface area contributed by atoms with Gasteiger partial charge in [0.2, 0.25) is 11.8 Å². The average Bonchev–Trinajstić information content (AvgIpc) is 3.11. The highest BCUT2D eigenvalue weighted by molar-refractivity contribution is 6.04. The van der Waals surface area contributed by atoms with E-state index in [0.717, 1.165) is 11.4 Å². The van der Waals surface area contributed by atoms with Gasteiger partial charge in [0, 0.05) is 24.7 Å². The monoisotopic (exact) mass is 384 g/mol. The van der Waals surface area contributed by atoms with Gasteiger partial charge in [-0.05, 0) is 43.3 Å². The van der Waals surface area contributed by atoms with Crippen LogP contribution in [0.3, 0.4) is 0 Å². The Labute approximate surface area is 164 Å². The Bertz CT molecular complexity index is 850. The number of carbonyl (C=O) groups is 2. The van der Waals surface area contributed by atoms with E-state index in [-0.39, 0.29) is 18.2 Å². The standard InChI is InChI=1S/C21H24N2O5/c1-4-28-16-7-5-15(6-8-16)23-13-14(11-20(23)24)21(25)22-18-10-9-17(26-2)12-19(18)27-3/h5-10,12,14H,4,11,13H2,1-3H3,(H,22,25). The lowest BCUT2D eigenvalue weighted by atomic mass is 10.1. The maximum atomic E-state index is 12.7. The summed E-state index contributed by atoms with van der Waals surface area (Å²) in [4.78, 5) is 26.8. The van der Waals surface area contributed by atoms with Crippen LogP contribution < -0.4 is 24.4 Å². The fourth-order valence-electron chi connectivity index (χ4n) is 3.16. The molecule has 1 aliphatic rings. The van der Waals surface area contributed by atoms with Crippen LogP contribution in [0.2, 0.25) is 0 Å². The average molecular weight is 384 g/mol. The van der Waals surface area contributed by atoms with Gasteiger partial charge in [0.05, 0.1) is 32.4 Å². The number of amides is 2. The van der Waals surface area contributed by atoms with Crippen molar-refractivity contribution in [2.45, 2.75) is 13.3 Å². The van der Waals surface area contributed by atoms with Crippen molar-refractivity contribution in [2.24, 2.45) is 5.92 Å². The van der Waals surface area contributed by atoms with E-state index in [1.165, 1.54) is 7.11 Å². The normalized spacial score (nSPS) is 16.0. The van der Waals surface area contributed by atoms with Crippen LogP contribution in [0, 0.1) is 5.92 Å². The van der Waals surface area contributed by atoms with Crippen molar-refractivity contribution in [3.63, 3.8) is 0 Å². The van der Waals surface area contributed by atoms with Crippen molar-refractivity contribution in [1.29, 1.82) is 0 Å². The van der Waals surface area contributed by atoms with Gasteiger partial charge in [0.1, 0.15) is 17.2 Å². The second kappa shape index (κ2) is 8.65. The van der Waals surface area contributed by atoms with E-state index in [4.69, 9.17) is 14.2 Å². The number of methoxy groups -OCH3 is 2. The van der Waals surface area contributed by atoms with Crippen molar-refractivity contribution in [2.75, 3.05) is 37.6 Å². The molecule has 0 aliphatic carbocycles. The summed E-state index contributed by atoms with van der Waals surface area (Å²) in [5.74, 6) is 1.15. The van der Waals surface area contributed by atoms with Gasteiger partial charge >= 0.3 is 0 Å². The summed E-state index contributed by atoms with van der Waals surface area (Å²) in [6.45, 7) is 2.83. The van der Waals surface area contributed by atoms with Gasteiger partial charge in [-0.1, -0.05) is 0 Å². The second-order valence-corrected chi connectivity index (χ2v) is 6.39. The van der Waals surface area contributed by atoms with E-state index in [1.54, 1.807) is 30.2 Å². The number of benzene rings is 2. The fourth-order valence-corrected chi connectivity index (χ4v) is 3.16. The Morgan fingerprint density at radius 2 is 1.82 bits per heavy atom. The molecule has 1 saturated heterocycles. The molecule has 1 N–H and O–H groups in total. The summed E-state index contributed by atoms with van der Waals surface area (Å²) in [5, 5.41) is 2.85. The number of hydrogen-bond donors (Lipinski definition) is 1. The Morgan fingerprint density at radius 1 is 1.11 bits per heavy atom. The minimum Gasteiger partial charge on any atom is -0.497 e. The van der Waals surface area contributed by atoms with Crippen LogP contribution >= 0.6 is 0 Å². The third kappa shape index (κ3) is 4.19. The summed E-state index contributed by atoms with van der Waals surface area (Å²) in [5.41, 5.74) is 1.30. The van der Waals surface area contributed by atoms with Gasteiger partial charge in [0.25, 0.3) is 0 Å². The molecule has 7 nitrogen and oxygen atoms in total. The molecule has 0 spiro atoms. The van der Waals surface area contributed by atoms with Crippen LogP contribution in [0.4, 0.5) is 11.4 Å². The molecule has 0 saturated carbocycles. The zero-order valence-electron chi connectivity index (χ0n) is 16.2. The third-order valence-electron chi connectivity index (χ3n) is 4.62. The summed E-state index contributed by atoms with van der Waals surface area (Å²) in [6, 6.07) is 12.5. The summed E-state index contributed by atoms with van der Waals surface area (Å²) in [6.07, 6.45) is 0.164. The number of carbonyl (C=O) groups excluding carboxylic acids is 2. The number of nitrogens with zero attached hydrogens (tertiary/aromatic N) is 1. The van der Waals surface area contributed by atoms with Crippen molar-refractivity contribution in [1.82, 2.24) is 0 Å². The van der Waals surface area contributed by atoms with Crippen LogP contribution in [0.25, 0.3) is 0 Å². The highest BCUT2D eigenvalue weighted by Crippen LogP contribution is 2.31. The van der Waals surface area contributed by atoms with E-state index in [0.29, 0.717) is 30.3 Å². The lowest BCUT2D eigenvalue weighted by Gasteiger charge is -2.17. The summed E-state index contributed by atoms with van der Waals surface area (Å²) < 4.78 is 15.9. The van der Waals surface area contributed by atoms with Crippen LogP contribution in [0.15, 0.2) is 42.5 Å². The van der Waals surface area contributed by atoms with E-state index in [2.05, 4.69) is 5.32 Å². The molecule has 0 bridgehead atoms. The molecule has 3 rings (SSSR count). The van der Waals surface area contributed by atoms with Gasteiger partial charge in [-0.25, -0.2) is 0 Å². The van der Waals surface area contributed by atoms with E-state index in [9.17, 15) is 9.59 Å². The minimum absolute atomic E-state index is 0.0778. The van der Waals surface area contributed by atoms with Gasteiger partial charge in [0.15, 0.2) is 0 Å². The molecule has 1 atom stereocenters. The number of rotatable bonds is 7. The van der Waals surface area contributed by atoms with Crippen molar-refractivity contribution in [3.05, 3.63) is 42.5 Å². The largest absolute Gasteiger partial charge is 0.497 e. The van der Waals surface area contributed by atoms with Crippen LogP contribution in [-0.2, 0) is 9.59 Å². The van der Waals surface area contributed by atoms with Crippen LogP contribution in [0.5, 0.6) is 17.2 Å². The maximum absolute atomic E-state index is 12.7. The Balaban J connectivity index is 1.68. The number of ether oxygens (including phenoxy) is 3. The van der Waals surface area contributed by atoms with E-state index < -0.39 is 5.92 Å². The first-order valence-corrected chi connectivity index (χ1v) is 9.11. The molecule has 2 aromatic carbocycles. The number of hydrogen-bond acceptors (Lipinski definition) is 5. The molecule has 1 unspecified atom stereocenters. The first kappa shape index (κ1) is 19.5. The predicted molar refractivity (Wildman–Crippen MR) is 106 cm³/mol. The molecule has 1 fully saturated rings. The SMILES string of the molecule is CCOc1ccc(N2CC(C(=O)Nc3ccc(OC)cc3OC)CC2=O)cc1. The smallest absolute Gasteiger partial charge is 0.229 e. The van der Waals surface area contributed by atoms with Crippen molar-refractivity contribution >= 4 is 23.2 Å². The van der Waals surface area contributed by atoms with Crippen molar-refractivity contribution < 1.29 is 23.8 Å². The fraction of sp³-hybridized carbons (Fsp3) is 0.333. The Morgan fingerprint density at radius 3 is 2.46 bits per heavy atom. The van der Waals surface area contributed by atoms with Crippen LogP contribution in [-0.4, -0.2) is 39.2 Å². The number of anilines is 2. The summed E-state index contributed by atoms with van der Waals surface area (Å²) >= 11 is 0. The zero-order chi connectivity index (χ0) is 20.1. The molecule has 2 amide bonds. The van der Waals surface area contributed by atoms with Crippen LogP contribution in [0.1, 0.15) is 13.3 Å². The van der Waals surface area contributed by atoms with E-state index >= 15 is 0 Å². The lowest BCUT2D eigenvalue weighted by Crippen LogP contribution is -2.28. The molecular weight excluding hydrogens is 360 g/mol. The van der Waals surface area contributed by atoms with Gasteiger partial charge in [-0.3, -0.25) is 9.59 Å². The minimum atomic E-state index is -0.439. The highest BCUT2D eigenvalue weighted by atomic mass is 16.5. The molecule has 7 heteroatoms. The van der Waals surface area contributed by atoms with Gasteiger partial charge in [-0.15, -0.1) is 0 Å². The summed E-state index contributed by atoms with van der Waals surface area (Å²) in [7, 11) is 3.09. The molecule has 1 aliphatic heterocycles. The molecule has 0 aromatic heterocycles. The zero-order valence-corrected chi connectivity index (χ0v) is 16.2. The Hall–Kier alpha value is -3.22. The molecule has 148 valence electrons. The van der Waals surface area contributed by atoms with Gasteiger partial charge in [-0.2, -0.15) is 0 Å². The maximum Gasteiger partial charge on any atom is 0.229 e. The Kier molecular flexibility index (Phi) is 6.03. The molecule has 0 radical (unpaired) electrons. The van der Waals surface area contributed by atoms with Gasteiger partial charge < -0.3 is 24.4 Å². The molecular formula is C21H24N2O5. The highest BCUT2D eigenvalue weighted by Gasteiger charge is 2.35. The topological polar surface area (TPSA) is 77.1 Å². The molecule has 2 aromatic rings. The molecule has 1 heterocycles. The lowest BCUT2D eigenvalue weighted by molar-refractivity contribution is -0.122. The quantitative estimate of drug-likeness (QED) is 0.794. The second-order valence-electron chi connectivity index (χ2n) is 6.39. The van der Waals surface area contributed by atoms with E-state index in [1.807, 2.05) is 31.2 Å². The predicted octanol–water partition coefficient (Wildman–Crippen LogP) is 3.09. The third-order valence-corrected chi connectivity index (χ3v) is 4.62. The molecule has 28 heavy (non-hydrogen) atoms.